The summed E-state index contributed by atoms with van der Waals surface area (Å²) in [5.41, 5.74) is 1.20. The summed E-state index contributed by atoms with van der Waals surface area (Å²) in [5, 5.41) is 20.5. The number of piperidine rings is 1. The summed E-state index contributed by atoms with van der Waals surface area (Å²) in [4.78, 5) is 21.1. The number of likely N-dealkylation sites (tertiary alicyclic amines) is 1. The molecule has 0 unspecified atom stereocenters. The van der Waals surface area contributed by atoms with Gasteiger partial charge in [0.1, 0.15) is 35.6 Å². The van der Waals surface area contributed by atoms with E-state index in [4.69, 9.17) is 18.6 Å². The number of nitrogens with one attached hydrogen (secondary N) is 1. The van der Waals surface area contributed by atoms with E-state index in [0.717, 1.165) is 0 Å². The molecule has 0 radical (unpaired) electrons. The average Bonchev–Trinajstić information content (AvgIpc) is 3.46. The molecule has 1 fully saturated rings. The fourth-order valence-corrected chi connectivity index (χ4v) is 4.80. The maximum atomic E-state index is 15.3. The van der Waals surface area contributed by atoms with Crippen molar-refractivity contribution in [2.75, 3.05) is 25.3 Å². The van der Waals surface area contributed by atoms with Crippen molar-refractivity contribution in [1.29, 1.82) is 0 Å². The lowest BCUT2D eigenvalue weighted by molar-refractivity contribution is 0.0855. The van der Waals surface area contributed by atoms with E-state index in [0.29, 0.717) is 59.9 Å². The van der Waals surface area contributed by atoms with Crippen LogP contribution in [0.25, 0.3) is 22.4 Å². The Morgan fingerprint density at radius 1 is 1.07 bits per heavy atom. The van der Waals surface area contributed by atoms with Crippen molar-refractivity contribution in [3.05, 3.63) is 72.6 Å². The van der Waals surface area contributed by atoms with Crippen molar-refractivity contribution < 1.29 is 37.3 Å². The molecular formula is C30H26F2N6O6. The Morgan fingerprint density at radius 3 is 2.61 bits per heavy atom. The van der Waals surface area contributed by atoms with Crippen LogP contribution in [0.2, 0.25) is 0 Å². The molecule has 3 heterocycles. The number of amides is 1. The third-order valence-corrected chi connectivity index (χ3v) is 6.95. The van der Waals surface area contributed by atoms with Crippen LogP contribution in [-0.4, -0.2) is 62.3 Å². The van der Waals surface area contributed by atoms with Crippen molar-refractivity contribution in [2.24, 2.45) is 0 Å². The standard InChI is InChI=1S/C30H26F2N6O6/c1-17-36-37-29(42-17)18-3-2-4-20(11-18)43-21-5-6-24(23(32)12-21)35-28-22-13-27(26(41-15-31)14-25(22)33-16-34-28)44-19-7-9-38(10-8-19)30(39)40/h2-6,11-14,16,19H,7-10,15H2,1H3,(H,39,40)(H,33,34,35). The smallest absolute Gasteiger partial charge is 0.407 e. The molecule has 0 spiro atoms. The Balaban J connectivity index is 1.22. The summed E-state index contributed by atoms with van der Waals surface area (Å²) in [5.74, 6) is 1.55. The lowest BCUT2D eigenvalue weighted by Gasteiger charge is -2.30. The van der Waals surface area contributed by atoms with Gasteiger partial charge >= 0.3 is 6.09 Å². The lowest BCUT2D eigenvalue weighted by Crippen LogP contribution is -2.41. The minimum absolute atomic E-state index is 0.125. The van der Waals surface area contributed by atoms with Crippen LogP contribution in [0.5, 0.6) is 23.0 Å². The highest BCUT2D eigenvalue weighted by Gasteiger charge is 2.25. The normalized spacial score (nSPS) is 13.6. The zero-order valence-corrected chi connectivity index (χ0v) is 23.4. The number of halogens is 2. The number of fused-ring (bicyclic) bond motifs is 1. The summed E-state index contributed by atoms with van der Waals surface area (Å²) in [6.45, 7) is 1.23. The molecule has 3 aromatic carbocycles. The number of rotatable bonds is 9. The number of aryl methyl sites for hydroxylation is 1. The molecule has 12 nitrogen and oxygen atoms in total. The third-order valence-electron chi connectivity index (χ3n) is 6.95. The van der Waals surface area contributed by atoms with Crippen LogP contribution in [0, 0.1) is 12.7 Å². The van der Waals surface area contributed by atoms with Gasteiger partial charge in [-0.1, -0.05) is 6.07 Å². The Labute approximate surface area is 249 Å². The first-order valence-electron chi connectivity index (χ1n) is 13.6. The van der Waals surface area contributed by atoms with Gasteiger partial charge in [0.15, 0.2) is 11.5 Å². The molecule has 0 aliphatic carbocycles. The number of hydrogen-bond donors (Lipinski definition) is 2. The Bertz CT molecular complexity index is 1810. The summed E-state index contributed by atoms with van der Waals surface area (Å²) >= 11 is 0. The van der Waals surface area contributed by atoms with E-state index >= 15 is 4.39 Å². The van der Waals surface area contributed by atoms with E-state index in [1.54, 1.807) is 43.3 Å². The van der Waals surface area contributed by atoms with Crippen LogP contribution in [0.1, 0.15) is 18.7 Å². The van der Waals surface area contributed by atoms with Crippen LogP contribution in [-0.2, 0) is 0 Å². The van der Waals surface area contributed by atoms with E-state index in [-0.39, 0.29) is 34.9 Å². The van der Waals surface area contributed by atoms with Crippen LogP contribution >= 0.6 is 0 Å². The summed E-state index contributed by atoms with van der Waals surface area (Å²) < 4.78 is 51.1. The number of ether oxygens (including phenoxy) is 3. The molecule has 1 saturated heterocycles. The van der Waals surface area contributed by atoms with E-state index in [9.17, 15) is 14.3 Å². The zero-order valence-electron chi connectivity index (χ0n) is 23.4. The van der Waals surface area contributed by atoms with Gasteiger partial charge in [-0.2, -0.15) is 0 Å². The first kappa shape index (κ1) is 28.6. The topological polar surface area (TPSA) is 145 Å². The number of carboxylic acid groups (broad SMARTS) is 1. The third kappa shape index (κ3) is 6.28. The number of nitrogens with zero attached hydrogens (tertiary/aromatic N) is 5. The Morgan fingerprint density at radius 2 is 1.89 bits per heavy atom. The van der Waals surface area contributed by atoms with Crippen molar-refractivity contribution >= 4 is 28.5 Å². The van der Waals surface area contributed by atoms with Gasteiger partial charge in [0.2, 0.25) is 18.6 Å². The molecule has 0 atom stereocenters. The number of hydrogen-bond acceptors (Lipinski definition) is 10. The minimum atomic E-state index is -1.09. The van der Waals surface area contributed by atoms with E-state index in [1.165, 1.54) is 29.4 Å². The fraction of sp³-hybridized carbons (Fsp3) is 0.233. The SMILES string of the molecule is Cc1nnc(-c2cccc(Oc3ccc(Nc4ncnc5cc(OCF)c(OC6CCN(C(=O)O)CC6)cc45)c(F)c3)c2)o1. The molecule has 0 saturated carbocycles. The molecule has 6 rings (SSSR count). The Hall–Kier alpha value is -5.53. The van der Waals surface area contributed by atoms with Crippen molar-refractivity contribution in [3.8, 4) is 34.5 Å². The summed E-state index contributed by atoms with van der Waals surface area (Å²) in [6.07, 6.45) is 0.902. The summed E-state index contributed by atoms with van der Waals surface area (Å²) in [6, 6.07) is 14.4. The second-order valence-corrected chi connectivity index (χ2v) is 9.90. The highest BCUT2D eigenvalue weighted by atomic mass is 19.1. The van der Waals surface area contributed by atoms with Gasteiger partial charge in [0.25, 0.3) is 0 Å². The van der Waals surface area contributed by atoms with Gasteiger partial charge in [0, 0.05) is 55.9 Å². The Kier molecular flexibility index (Phi) is 8.04. The van der Waals surface area contributed by atoms with Crippen molar-refractivity contribution in [2.45, 2.75) is 25.9 Å². The van der Waals surface area contributed by atoms with Gasteiger partial charge in [-0.3, -0.25) is 0 Å². The number of aromatic nitrogens is 4. The average molecular weight is 605 g/mol. The van der Waals surface area contributed by atoms with Gasteiger partial charge in [0.05, 0.1) is 11.2 Å². The van der Waals surface area contributed by atoms with Crippen molar-refractivity contribution in [1.82, 2.24) is 25.1 Å². The second kappa shape index (κ2) is 12.4. The zero-order chi connectivity index (χ0) is 30.6. The predicted octanol–water partition coefficient (Wildman–Crippen LogP) is 6.49. The fourth-order valence-electron chi connectivity index (χ4n) is 4.80. The molecule has 14 heteroatoms. The molecule has 0 bridgehead atoms. The van der Waals surface area contributed by atoms with Crippen LogP contribution in [0.15, 0.2) is 65.3 Å². The van der Waals surface area contributed by atoms with Gasteiger partial charge in [-0.05, 0) is 36.4 Å². The predicted molar refractivity (Wildman–Crippen MR) is 154 cm³/mol. The number of carbonyl (C=O) groups is 1. The molecule has 1 aliphatic rings. The van der Waals surface area contributed by atoms with Crippen LogP contribution < -0.4 is 19.5 Å². The van der Waals surface area contributed by atoms with Gasteiger partial charge < -0.3 is 34.0 Å². The maximum Gasteiger partial charge on any atom is 0.407 e. The van der Waals surface area contributed by atoms with Gasteiger partial charge in [-0.25, -0.2) is 23.5 Å². The molecule has 2 aromatic heterocycles. The monoisotopic (exact) mass is 604 g/mol. The molecule has 1 amide bonds. The highest BCUT2D eigenvalue weighted by molar-refractivity contribution is 5.93. The van der Waals surface area contributed by atoms with Crippen molar-refractivity contribution in [3.63, 3.8) is 0 Å². The largest absolute Gasteiger partial charge is 0.486 e. The minimum Gasteiger partial charge on any atom is -0.486 e. The molecule has 1 aliphatic heterocycles. The molecule has 5 aromatic rings. The van der Waals surface area contributed by atoms with Crippen LogP contribution in [0.4, 0.5) is 25.1 Å². The summed E-state index contributed by atoms with van der Waals surface area (Å²) in [7, 11) is 0. The van der Waals surface area contributed by atoms with Crippen LogP contribution in [0.3, 0.4) is 0 Å². The number of anilines is 2. The molecule has 2 N–H and O–H groups in total. The highest BCUT2D eigenvalue weighted by Crippen LogP contribution is 2.37. The van der Waals surface area contributed by atoms with Gasteiger partial charge in [-0.15, -0.1) is 10.2 Å². The van der Waals surface area contributed by atoms with E-state index in [2.05, 4.69) is 25.5 Å². The lowest BCUT2D eigenvalue weighted by atomic mass is 10.1. The maximum absolute atomic E-state index is 15.3. The number of benzene rings is 3. The van der Waals surface area contributed by atoms with E-state index < -0.39 is 18.8 Å². The quantitative estimate of drug-likeness (QED) is 0.190. The molecule has 226 valence electrons. The van der Waals surface area contributed by atoms with E-state index in [1.807, 2.05) is 0 Å². The first-order chi connectivity index (χ1) is 21.4. The first-order valence-corrected chi connectivity index (χ1v) is 13.6. The molecular weight excluding hydrogens is 578 g/mol. The number of alkyl halides is 1. The second-order valence-electron chi connectivity index (χ2n) is 9.90. The molecule has 44 heavy (non-hydrogen) atoms.